The summed E-state index contributed by atoms with van der Waals surface area (Å²) in [5.74, 6) is -0.120. The van der Waals surface area contributed by atoms with E-state index in [1.165, 1.54) is 13.2 Å². The second kappa shape index (κ2) is 12.3. The van der Waals surface area contributed by atoms with Gasteiger partial charge in [-0.25, -0.2) is 4.79 Å². The molecule has 0 spiro atoms. The maximum absolute atomic E-state index is 13.3. The van der Waals surface area contributed by atoms with E-state index in [0.717, 1.165) is 11.1 Å². The Labute approximate surface area is 204 Å². The predicted octanol–water partition coefficient (Wildman–Crippen LogP) is 4.06. The molecule has 0 aliphatic heterocycles. The number of methoxy groups -OCH3 is 3. The van der Waals surface area contributed by atoms with Gasteiger partial charge in [0.1, 0.15) is 5.56 Å². The van der Waals surface area contributed by atoms with Gasteiger partial charge in [0.25, 0.3) is 5.91 Å². The predicted molar refractivity (Wildman–Crippen MR) is 131 cm³/mol. The van der Waals surface area contributed by atoms with Gasteiger partial charge in [-0.2, -0.15) is 0 Å². The van der Waals surface area contributed by atoms with Crippen molar-refractivity contribution >= 4 is 11.9 Å². The van der Waals surface area contributed by atoms with Crippen LogP contribution in [-0.4, -0.2) is 56.4 Å². The molecule has 35 heavy (non-hydrogen) atoms. The molecular weight excluding hydrogens is 450 g/mol. The van der Waals surface area contributed by atoms with Gasteiger partial charge in [0, 0.05) is 18.7 Å². The number of aromatic carboxylic acids is 1. The van der Waals surface area contributed by atoms with Crippen LogP contribution in [0.15, 0.2) is 66.7 Å². The number of ether oxygens (including phenoxy) is 4. The number of carboxylic acid groups (broad SMARTS) is 1. The third kappa shape index (κ3) is 6.44. The van der Waals surface area contributed by atoms with Crippen LogP contribution < -0.4 is 18.9 Å². The minimum Gasteiger partial charge on any atom is -0.493 e. The maximum atomic E-state index is 13.3. The molecule has 1 amide bonds. The topological polar surface area (TPSA) is 94.5 Å². The zero-order chi connectivity index (χ0) is 25.2. The molecule has 3 aromatic carbocycles. The first-order valence-corrected chi connectivity index (χ1v) is 11.0. The standard InChI is InChI=1S/C27H29NO7/c1-32-22-13-7-11-20(25(22)34-3)17-28(16-15-19-9-5-4-6-10-19)24(29)18-35-26-21(27(30)31)12-8-14-23(26)33-2/h4-14H,15-18H2,1-3H3,(H,30,31). The van der Waals surface area contributed by atoms with E-state index in [0.29, 0.717) is 24.5 Å². The molecule has 0 aliphatic carbocycles. The molecule has 0 fully saturated rings. The fraction of sp³-hybridized carbons (Fsp3) is 0.259. The lowest BCUT2D eigenvalue weighted by atomic mass is 10.1. The first kappa shape index (κ1) is 25.4. The molecule has 8 nitrogen and oxygen atoms in total. The van der Waals surface area contributed by atoms with Gasteiger partial charge in [0.15, 0.2) is 29.6 Å². The van der Waals surface area contributed by atoms with E-state index in [1.54, 1.807) is 37.3 Å². The van der Waals surface area contributed by atoms with Crippen molar-refractivity contribution in [3.8, 4) is 23.0 Å². The summed E-state index contributed by atoms with van der Waals surface area (Å²) in [6.45, 7) is 0.319. The van der Waals surface area contributed by atoms with Crippen molar-refractivity contribution < 1.29 is 33.6 Å². The number of hydrogen-bond donors (Lipinski definition) is 1. The van der Waals surface area contributed by atoms with Crippen LogP contribution in [0.25, 0.3) is 0 Å². The highest BCUT2D eigenvalue weighted by Gasteiger charge is 2.22. The van der Waals surface area contributed by atoms with Gasteiger partial charge in [-0.3, -0.25) is 4.79 Å². The smallest absolute Gasteiger partial charge is 0.339 e. The zero-order valence-corrected chi connectivity index (χ0v) is 20.0. The van der Waals surface area contributed by atoms with Crippen LogP contribution in [0.2, 0.25) is 0 Å². The number of hydrogen-bond acceptors (Lipinski definition) is 6. The third-order valence-corrected chi connectivity index (χ3v) is 5.48. The average Bonchev–Trinajstić information content (AvgIpc) is 2.89. The first-order valence-electron chi connectivity index (χ1n) is 11.0. The monoisotopic (exact) mass is 479 g/mol. The van der Waals surface area contributed by atoms with Crippen molar-refractivity contribution in [2.24, 2.45) is 0 Å². The van der Waals surface area contributed by atoms with Crippen molar-refractivity contribution in [1.82, 2.24) is 4.90 Å². The van der Waals surface area contributed by atoms with Gasteiger partial charge >= 0.3 is 5.97 Å². The van der Waals surface area contributed by atoms with Crippen molar-refractivity contribution in [2.75, 3.05) is 34.5 Å². The molecule has 0 atom stereocenters. The first-order chi connectivity index (χ1) is 17.0. The molecule has 184 valence electrons. The van der Waals surface area contributed by atoms with Crippen LogP contribution in [0.3, 0.4) is 0 Å². The third-order valence-electron chi connectivity index (χ3n) is 5.48. The van der Waals surface area contributed by atoms with E-state index >= 15 is 0 Å². The molecule has 3 aromatic rings. The van der Waals surface area contributed by atoms with Crippen LogP contribution in [-0.2, 0) is 17.8 Å². The highest BCUT2D eigenvalue weighted by Crippen LogP contribution is 2.33. The number of nitrogens with zero attached hydrogens (tertiary/aromatic N) is 1. The molecule has 0 saturated heterocycles. The summed E-state index contributed by atoms with van der Waals surface area (Å²) in [5, 5.41) is 9.52. The summed E-state index contributed by atoms with van der Waals surface area (Å²) in [5.41, 5.74) is 1.78. The highest BCUT2D eigenvalue weighted by molar-refractivity contribution is 5.92. The second-order valence-electron chi connectivity index (χ2n) is 7.63. The quantitative estimate of drug-likeness (QED) is 0.419. The number of benzene rings is 3. The molecule has 3 rings (SSSR count). The van der Waals surface area contributed by atoms with Crippen LogP contribution in [0.1, 0.15) is 21.5 Å². The molecule has 0 bridgehead atoms. The van der Waals surface area contributed by atoms with Gasteiger partial charge in [-0.1, -0.05) is 48.5 Å². The summed E-state index contributed by atoms with van der Waals surface area (Å²) in [6, 6.07) is 19.9. The van der Waals surface area contributed by atoms with E-state index in [4.69, 9.17) is 18.9 Å². The number of carbonyl (C=O) groups excluding carboxylic acids is 1. The van der Waals surface area contributed by atoms with Crippen LogP contribution in [0, 0.1) is 0 Å². The largest absolute Gasteiger partial charge is 0.493 e. The highest BCUT2D eigenvalue weighted by atomic mass is 16.5. The van der Waals surface area contributed by atoms with Crippen molar-refractivity contribution in [3.63, 3.8) is 0 Å². The van der Waals surface area contributed by atoms with Gasteiger partial charge in [0.2, 0.25) is 0 Å². The van der Waals surface area contributed by atoms with Crippen molar-refractivity contribution in [2.45, 2.75) is 13.0 Å². The van der Waals surface area contributed by atoms with Gasteiger partial charge in [0.05, 0.1) is 21.3 Å². The molecule has 0 heterocycles. The number of para-hydroxylation sites is 2. The Bertz CT molecular complexity index is 1150. The van der Waals surface area contributed by atoms with Crippen LogP contribution in [0.5, 0.6) is 23.0 Å². The molecule has 8 heteroatoms. The minimum atomic E-state index is -1.17. The van der Waals surface area contributed by atoms with Gasteiger partial charge in [-0.15, -0.1) is 0 Å². The number of rotatable bonds is 12. The lowest BCUT2D eigenvalue weighted by Crippen LogP contribution is -2.36. The second-order valence-corrected chi connectivity index (χ2v) is 7.63. The van der Waals surface area contributed by atoms with E-state index < -0.39 is 5.97 Å². The summed E-state index contributed by atoms with van der Waals surface area (Å²) in [4.78, 5) is 26.6. The lowest BCUT2D eigenvalue weighted by Gasteiger charge is -2.25. The van der Waals surface area contributed by atoms with Gasteiger partial charge in [-0.05, 0) is 30.2 Å². The Morgan fingerprint density at radius 1 is 0.800 bits per heavy atom. The lowest BCUT2D eigenvalue weighted by molar-refractivity contribution is -0.134. The summed E-state index contributed by atoms with van der Waals surface area (Å²) < 4.78 is 21.9. The number of carboxylic acids is 1. The molecule has 0 saturated carbocycles. The van der Waals surface area contributed by atoms with Crippen LogP contribution in [0.4, 0.5) is 0 Å². The summed E-state index contributed by atoms with van der Waals surface area (Å²) in [6.07, 6.45) is 0.633. The van der Waals surface area contributed by atoms with Crippen molar-refractivity contribution in [3.05, 3.63) is 83.4 Å². The van der Waals surface area contributed by atoms with E-state index in [-0.39, 0.29) is 36.1 Å². The molecular formula is C27H29NO7. The van der Waals surface area contributed by atoms with E-state index in [2.05, 4.69) is 0 Å². The fourth-order valence-corrected chi connectivity index (χ4v) is 3.70. The summed E-state index contributed by atoms with van der Waals surface area (Å²) >= 11 is 0. The maximum Gasteiger partial charge on any atom is 0.339 e. The zero-order valence-electron chi connectivity index (χ0n) is 20.0. The molecule has 0 radical (unpaired) electrons. The molecule has 1 N–H and O–H groups in total. The Morgan fingerprint density at radius 2 is 1.46 bits per heavy atom. The fourth-order valence-electron chi connectivity index (χ4n) is 3.70. The van der Waals surface area contributed by atoms with E-state index in [9.17, 15) is 14.7 Å². The Morgan fingerprint density at radius 3 is 2.09 bits per heavy atom. The molecule has 0 unspecified atom stereocenters. The molecule has 0 aliphatic rings. The summed E-state index contributed by atoms with van der Waals surface area (Å²) in [7, 11) is 4.52. The van der Waals surface area contributed by atoms with Crippen molar-refractivity contribution in [1.29, 1.82) is 0 Å². The Kier molecular flexibility index (Phi) is 8.95. The number of carbonyl (C=O) groups is 2. The Balaban J connectivity index is 1.84. The normalized spacial score (nSPS) is 10.4. The average molecular weight is 480 g/mol. The van der Waals surface area contributed by atoms with Gasteiger partial charge < -0.3 is 29.0 Å². The minimum absolute atomic E-state index is 0.0119. The van der Waals surface area contributed by atoms with Crippen LogP contribution >= 0.6 is 0 Å². The Hall–Kier alpha value is -4.20. The van der Waals surface area contributed by atoms with E-state index in [1.807, 2.05) is 42.5 Å². The number of amides is 1. The SMILES string of the molecule is COc1cccc(CN(CCc2ccccc2)C(=O)COc2c(OC)cccc2C(=O)O)c1OC. The molecule has 0 aromatic heterocycles.